The Labute approximate surface area is 202 Å². The number of amides is 1. The Morgan fingerprint density at radius 2 is 1.79 bits per heavy atom. The Morgan fingerprint density at radius 1 is 1.03 bits per heavy atom. The maximum atomic E-state index is 13.0. The Bertz CT molecular complexity index is 1460. The molecule has 2 aromatic carbocycles. The van der Waals surface area contributed by atoms with Gasteiger partial charge in [0.1, 0.15) is 5.75 Å². The largest absolute Gasteiger partial charge is 0.495 e. The molecule has 1 N–H and O–H groups in total. The van der Waals surface area contributed by atoms with E-state index in [1.165, 1.54) is 11.8 Å². The predicted octanol–water partition coefficient (Wildman–Crippen LogP) is 4.75. The van der Waals surface area contributed by atoms with Crippen LogP contribution in [0.2, 0.25) is 0 Å². The van der Waals surface area contributed by atoms with Crippen molar-refractivity contribution < 1.29 is 9.53 Å². The lowest BCUT2D eigenvalue weighted by atomic mass is 10.1. The van der Waals surface area contributed by atoms with Crippen LogP contribution in [-0.4, -0.2) is 33.3 Å². The van der Waals surface area contributed by atoms with Gasteiger partial charge in [-0.25, -0.2) is 4.98 Å². The van der Waals surface area contributed by atoms with Gasteiger partial charge in [-0.1, -0.05) is 36.0 Å². The number of ether oxygens (including phenoxy) is 1. The van der Waals surface area contributed by atoms with Crippen LogP contribution in [0.15, 0.2) is 58.5 Å². The van der Waals surface area contributed by atoms with Crippen molar-refractivity contribution in [2.75, 3.05) is 18.2 Å². The van der Waals surface area contributed by atoms with Crippen molar-refractivity contribution in [3.8, 4) is 11.4 Å². The first kappa shape index (κ1) is 23.5. The molecule has 2 aromatic heterocycles. The van der Waals surface area contributed by atoms with Crippen LogP contribution in [0.4, 0.5) is 5.69 Å². The van der Waals surface area contributed by atoms with E-state index < -0.39 is 0 Å². The van der Waals surface area contributed by atoms with E-state index in [4.69, 9.17) is 9.72 Å². The first-order chi connectivity index (χ1) is 16.3. The quantitative estimate of drug-likeness (QED) is 0.321. The number of pyridine rings is 1. The maximum Gasteiger partial charge on any atom is 0.283 e. The molecule has 0 fully saturated rings. The average molecular weight is 475 g/mol. The maximum absolute atomic E-state index is 13.0. The molecule has 4 rings (SSSR count). The normalized spacial score (nSPS) is 11.0. The highest BCUT2D eigenvalue weighted by Crippen LogP contribution is 2.29. The number of methoxy groups -OCH3 is 1. The van der Waals surface area contributed by atoms with Crippen LogP contribution in [0.25, 0.3) is 16.7 Å². The summed E-state index contributed by atoms with van der Waals surface area (Å²) in [6.45, 7) is 7.86. The monoisotopic (exact) mass is 474 g/mol. The van der Waals surface area contributed by atoms with Gasteiger partial charge in [0.2, 0.25) is 5.91 Å². The van der Waals surface area contributed by atoms with Crippen molar-refractivity contribution in [3.63, 3.8) is 0 Å². The van der Waals surface area contributed by atoms with Gasteiger partial charge in [0.05, 0.1) is 29.6 Å². The van der Waals surface area contributed by atoms with E-state index in [2.05, 4.69) is 10.3 Å². The van der Waals surface area contributed by atoms with Crippen LogP contribution >= 0.6 is 11.8 Å². The standard InChI is InChI=1S/C26H26N4O3S/c1-15-9-8-11-20(18(15)4)30-24-23(16(2)13-17(3)27-24)25(32)29-26(30)34-14-22(31)28-19-10-6-7-12-21(19)33-5/h6-13H,14H2,1-5H3,(H,28,31). The van der Waals surface area contributed by atoms with Crippen LogP contribution in [0, 0.1) is 27.7 Å². The minimum Gasteiger partial charge on any atom is -0.495 e. The molecule has 34 heavy (non-hydrogen) atoms. The molecule has 174 valence electrons. The lowest BCUT2D eigenvalue weighted by Gasteiger charge is -2.18. The van der Waals surface area contributed by atoms with Gasteiger partial charge in [-0.15, -0.1) is 0 Å². The Hall–Kier alpha value is -3.65. The van der Waals surface area contributed by atoms with Gasteiger partial charge in [-0.3, -0.25) is 14.2 Å². The molecule has 0 unspecified atom stereocenters. The first-order valence-electron chi connectivity index (χ1n) is 10.8. The first-order valence-corrected chi connectivity index (χ1v) is 11.8. The number of nitrogens with one attached hydrogen (secondary N) is 1. The molecule has 0 aliphatic heterocycles. The summed E-state index contributed by atoms with van der Waals surface area (Å²) in [5.74, 6) is 0.405. The number of benzene rings is 2. The molecule has 8 heteroatoms. The van der Waals surface area contributed by atoms with Gasteiger partial charge in [0.25, 0.3) is 5.56 Å². The summed E-state index contributed by atoms with van der Waals surface area (Å²) in [7, 11) is 1.55. The van der Waals surface area contributed by atoms with Gasteiger partial charge >= 0.3 is 0 Å². The molecular weight excluding hydrogens is 448 g/mol. The summed E-state index contributed by atoms with van der Waals surface area (Å²) >= 11 is 1.20. The molecular formula is C26H26N4O3S. The van der Waals surface area contributed by atoms with E-state index >= 15 is 0 Å². The third-order valence-electron chi connectivity index (χ3n) is 5.67. The number of anilines is 1. The van der Waals surface area contributed by atoms with Crippen LogP contribution in [0.5, 0.6) is 5.75 Å². The van der Waals surface area contributed by atoms with E-state index in [0.29, 0.717) is 27.6 Å². The van der Waals surface area contributed by atoms with Crippen LogP contribution in [-0.2, 0) is 4.79 Å². The molecule has 0 bridgehead atoms. The fourth-order valence-electron chi connectivity index (χ4n) is 3.88. The van der Waals surface area contributed by atoms with Gasteiger partial charge in [0.15, 0.2) is 10.8 Å². The van der Waals surface area contributed by atoms with E-state index in [1.807, 2.05) is 68.7 Å². The van der Waals surface area contributed by atoms with Crippen molar-refractivity contribution in [2.24, 2.45) is 0 Å². The number of thioether (sulfide) groups is 1. The average Bonchev–Trinajstić information content (AvgIpc) is 2.80. The molecule has 2 heterocycles. The molecule has 0 saturated heterocycles. The zero-order valence-corrected chi connectivity index (χ0v) is 20.6. The number of hydrogen-bond donors (Lipinski definition) is 1. The minimum absolute atomic E-state index is 0.0612. The second-order valence-electron chi connectivity index (χ2n) is 8.07. The number of carbonyl (C=O) groups is 1. The highest BCUT2D eigenvalue weighted by Gasteiger charge is 2.19. The highest BCUT2D eigenvalue weighted by molar-refractivity contribution is 7.99. The minimum atomic E-state index is -0.353. The van der Waals surface area contributed by atoms with Gasteiger partial charge in [-0.05, 0) is 68.7 Å². The number of carbonyl (C=O) groups excluding carboxylic acids is 1. The predicted molar refractivity (Wildman–Crippen MR) is 136 cm³/mol. The number of nitrogens with zero attached hydrogens (tertiary/aromatic N) is 3. The number of rotatable bonds is 6. The van der Waals surface area contributed by atoms with E-state index in [9.17, 15) is 9.59 Å². The molecule has 4 aromatic rings. The molecule has 0 spiro atoms. The Kier molecular flexibility index (Phi) is 6.70. The van der Waals surface area contributed by atoms with Crippen molar-refractivity contribution >= 4 is 34.4 Å². The van der Waals surface area contributed by atoms with Crippen molar-refractivity contribution in [1.82, 2.24) is 14.5 Å². The zero-order chi connectivity index (χ0) is 24.4. The van der Waals surface area contributed by atoms with Gasteiger partial charge in [0, 0.05) is 5.69 Å². The lowest BCUT2D eigenvalue weighted by Crippen LogP contribution is -2.20. The van der Waals surface area contributed by atoms with Gasteiger partial charge in [-0.2, -0.15) is 4.98 Å². The molecule has 0 atom stereocenters. The second-order valence-corrected chi connectivity index (χ2v) is 9.01. The molecule has 0 radical (unpaired) electrons. The third-order valence-corrected chi connectivity index (χ3v) is 6.61. The number of aryl methyl sites for hydroxylation is 3. The van der Waals surface area contributed by atoms with E-state index in [0.717, 1.165) is 28.1 Å². The molecule has 0 aliphatic carbocycles. The molecule has 0 saturated carbocycles. The van der Waals surface area contributed by atoms with Crippen molar-refractivity contribution in [1.29, 1.82) is 0 Å². The summed E-state index contributed by atoms with van der Waals surface area (Å²) in [5.41, 5.74) is 5.44. The summed E-state index contributed by atoms with van der Waals surface area (Å²) in [5, 5.41) is 3.76. The fourth-order valence-corrected chi connectivity index (χ4v) is 4.68. The summed E-state index contributed by atoms with van der Waals surface area (Å²) in [4.78, 5) is 34.8. The van der Waals surface area contributed by atoms with E-state index in [1.54, 1.807) is 19.2 Å². The van der Waals surface area contributed by atoms with E-state index in [-0.39, 0.29) is 17.2 Å². The Morgan fingerprint density at radius 3 is 2.56 bits per heavy atom. The molecule has 0 aliphatic rings. The Balaban J connectivity index is 1.79. The highest BCUT2D eigenvalue weighted by atomic mass is 32.2. The van der Waals surface area contributed by atoms with Gasteiger partial charge < -0.3 is 10.1 Å². The third kappa shape index (κ3) is 4.54. The van der Waals surface area contributed by atoms with Crippen molar-refractivity contribution in [2.45, 2.75) is 32.9 Å². The number of para-hydroxylation sites is 2. The lowest BCUT2D eigenvalue weighted by molar-refractivity contribution is -0.113. The summed E-state index contributed by atoms with van der Waals surface area (Å²) < 4.78 is 7.20. The van der Waals surface area contributed by atoms with Crippen LogP contribution < -0.4 is 15.6 Å². The SMILES string of the molecule is COc1ccccc1NC(=O)CSc1nc(=O)c2c(C)cc(C)nc2n1-c1cccc(C)c1C. The zero-order valence-electron chi connectivity index (χ0n) is 19.8. The molecule has 7 nitrogen and oxygen atoms in total. The smallest absolute Gasteiger partial charge is 0.283 e. The van der Waals surface area contributed by atoms with Crippen LogP contribution in [0.1, 0.15) is 22.4 Å². The number of hydrogen-bond acceptors (Lipinski definition) is 6. The number of fused-ring (bicyclic) bond motifs is 1. The summed E-state index contributed by atoms with van der Waals surface area (Å²) in [6.07, 6.45) is 0. The second kappa shape index (κ2) is 9.69. The topological polar surface area (TPSA) is 86.1 Å². The number of aromatic nitrogens is 3. The molecule has 1 amide bonds. The summed E-state index contributed by atoms with van der Waals surface area (Å²) in [6, 6.07) is 15.1. The fraction of sp³-hybridized carbons (Fsp3) is 0.231. The van der Waals surface area contributed by atoms with Crippen LogP contribution in [0.3, 0.4) is 0 Å². The van der Waals surface area contributed by atoms with Crippen molar-refractivity contribution in [3.05, 3.63) is 81.3 Å².